The van der Waals surface area contributed by atoms with Crippen LogP contribution >= 0.6 is 0 Å². The Bertz CT molecular complexity index is 1020. The highest BCUT2D eigenvalue weighted by Gasteiger charge is 2.27. The number of hydrogen-bond donors (Lipinski definition) is 2. The molecule has 0 fully saturated rings. The van der Waals surface area contributed by atoms with E-state index in [4.69, 9.17) is 0 Å². The summed E-state index contributed by atoms with van der Waals surface area (Å²) in [5.41, 5.74) is 1.60. The number of carbonyl (C=O) groups is 2. The summed E-state index contributed by atoms with van der Waals surface area (Å²) in [6, 6.07) is 12.3. The molecule has 2 amide bonds. The van der Waals surface area contributed by atoms with Crippen LogP contribution in [0, 0.1) is 0 Å². The molecular weight excluding hydrogens is 433 g/mol. The summed E-state index contributed by atoms with van der Waals surface area (Å²) < 4.78 is 60.6. The maximum Gasteiger partial charge on any atom is 0.405 e. The number of anilines is 1. The van der Waals surface area contributed by atoms with Crippen molar-refractivity contribution in [1.82, 2.24) is 5.32 Å². The molecule has 0 saturated heterocycles. The van der Waals surface area contributed by atoms with Gasteiger partial charge in [-0.15, -0.1) is 0 Å². The fraction of sp³-hybridized carbons (Fsp3) is 0.333. The highest BCUT2D eigenvalue weighted by atomic mass is 32.2. The second kappa shape index (κ2) is 9.95. The van der Waals surface area contributed by atoms with Gasteiger partial charge in [-0.3, -0.25) is 9.59 Å². The maximum atomic E-state index is 12.2. The van der Waals surface area contributed by atoms with Gasteiger partial charge in [-0.05, 0) is 49.2 Å². The van der Waals surface area contributed by atoms with Crippen LogP contribution in [0.15, 0.2) is 53.4 Å². The lowest BCUT2D eigenvalue weighted by Crippen LogP contribution is -2.34. The van der Waals surface area contributed by atoms with Crippen LogP contribution in [0.5, 0.6) is 0 Å². The third-order valence-corrected chi connectivity index (χ3v) is 6.50. The van der Waals surface area contributed by atoms with E-state index in [-0.39, 0.29) is 23.6 Å². The average Bonchev–Trinajstić information content (AvgIpc) is 2.67. The topological polar surface area (TPSA) is 92.3 Å². The molecule has 0 atom stereocenters. The Morgan fingerprint density at radius 1 is 0.871 bits per heavy atom. The lowest BCUT2D eigenvalue weighted by Gasteiger charge is -2.10. The zero-order valence-electron chi connectivity index (χ0n) is 17.0. The molecule has 0 radical (unpaired) electrons. The SMILES string of the molecule is CC(C)S(=O)(=O)c1ccc(CC(=O)Nc2ccc(CC(=O)NCC(F)(F)F)cc2)cc1. The summed E-state index contributed by atoms with van der Waals surface area (Å²) in [6.07, 6.45) is -4.65. The number of nitrogens with one attached hydrogen (secondary N) is 2. The van der Waals surface area contributed by atoms with Gasteiger partial charge >= 0.3 is 6.18 Å². The Balaban J connectivity index is 1.89. The predicted octanol–water partition coefficient (Wildman–Crippen LogP) is 3.27. The third kappa shape index (κ3) is 7.71. The largest absolute Gasteiger partial charge is 0.405 e. The highest BCUT2D eigenvalue weighted by Crippen LogP contribution is 2.17. The van der Waals surface area contributed by atoms with Crippen molar-refractivity contribution in [3.8, 4) is 0 Å². The van der Waals surface area contributed by atoms with Crippen molar-refractivity contribution in [3.63, 3.8) is 0 Å². The molecule has 0 bridgehead atoms. The van der Waals surface area contributed by atoms with Gasteiger partial charge in [-0.25, -0.2) is 8.42 Å². The van der Waals surface area contributed by atoms with Gasteiger partial charge in [0.15, 0.2) is 9.84 Å². The van der Waals surface area contributed by atoms with Crippen molar-refractivity contribution < 1.29 is 31.2 Å². The third-order valence-electron chi connectivity index (χ3n) is 4.33. The van der Waals surface area contributed by atoms with Gasteiger partial charge in [0.1, 0.15) is 6.54 Å². The molecule has 31 heavy (non-hydrogen) atoms. The number of rotatable bonds is 8. The second-order valence-corrected chi connectivity index (χ2v) is 9.73. The first-order valence-corrected chi connectivity index (χ1v) is 11.0. The summed E-state index contributed by atoms with van der Waals surface area (Å²) in [7, 11) is -3.38. The van der Waals surface area contributed by atoms with Crippen LogP contribution in [0.4, 0.5) is 18.9 Å². The smallest absolute Gasteiger partial charge is 0.347 e. The monoisotopic (exact) mass is 456 g/mol. The number of carbonyl (C=O) groups excluding carboxylic acids is 2. The molecule has 0 spiro atoms. The van der Waals surface area contributed by atoms with Crippen molar-refractivity contribution in [1.29, 1.82) is 0 Å². The Labute approximate surface area is 178 Å². The summed E-state index contributed by atoms with van der Waals surface area (Å²) >= 11 is 0. The highest BCUT2D eigenvalue weighted by molar-refractivity contribution is 7.92. The molecule has 0 aliphatic heterocycles. The number of amides is 2. The van der Waals surface area contributed by atoms with Crippen LogP contribution in [0.2, 0.25) is 0 Å². The molecule has 0 aromatic heterocycles. The van der Waals surface area contributed by atoms with E-state index in [1.807, 2.05) is 0 Å². The van der Waals surface area contributed by atoms with E-state index in [2.05, 4.69) is 5.32 Å². The minimum Gasteiger partial charge on any atom is -0.347 e. The van der Waals surface area contributed by atoms with E-state index in [1.54, 1.807) is 43.4 Å². The fourth-order valence-corrected chi connectivity index (χ4v) is 3.67. The van der Waals surface area contributed by atoms with E-state index < -0.39 is 33.7 Å². The number of hydrogen-bond acceptors (Lipinski definition) is 4. The first-order chi connectivity index (χ1) is 14.4. The molecule has 2 N–H and O–H groups in total. The molecule has 0 unspecified atom stereocenters. The van der Waals surface area contributed by atoms with Crippen LogP contribution in [0.3, 0.4) is 0 Å². The second-order valence-electron chi connectivity index (χ2n) is 7.23. The molecule has 2 aromatic rings. The predicted molar refractivity (Wildman–Crippen MR) is 110 cm³/mol. The number of halogens is 3. The first-order valence-electron chi connectivity index (χ1n) is 9.42. The van der Waals surface area contributed by atoms with Crippen LogP contribution in [-0.4, -0.2) is 38.2 Å². The van der Waals surface area contributed by atoms with Gasteiger partial charge < -0.3 is 10.6 Å². The Morgan fingerprint density at radius 2 is 1.35 bits per heavy atom. The summed E-state index contributed by atoms with van der Waals surface area (Å²) in [4.78, 5) is 23.9. The van der Waals surface area contributed by atoms with Gasteiger partial charge in [-0.1, -0.05) is 24.3 Å². The normalized spacial score (nSPS) is 11.9. The van der Waals surface area contributed by atoms with Crippen molar-refractivity contribution >= 4 is 27.3 Å². The molecular formula is C21H23F3N2O4S. The van der Waals surface area contributed by atoms with Crippen LogP contribution in [0.1, 0.15) is 25.0 Å². The number of benzene rings is 2. The minimum atomic E-state index is -4.47. The number of sulfone groups is 1. The fourth-order valence-electron chi connectivity index (χ4n) is 2.61. The summed E-state index contributed by atoms with van der Waals surface area (Å²) in [5.74, 6) is -1.08. The van der Waals surface area contributed by atoms with E-state index in [1.165, 1.54) is 24.3 Å². The molecule has 2 rings (SSSR count). The number of alkyl halides is 3. The molecule has 6 nitrogen and oxygen atoms in total. The lowest BCUT2D eigenvalue weighted by molar-refractivity contribution is -0.138. The molecule has 2 aromatic carbocycles. The maximum absolute atomic E-state index is 12.2. The van der Waals surface area contributed by atoms with E-state index >= 15 is 0 Å². The van der Waals surface area contributed by atoms with Gasteiger partial charge in [0.2, 0.25) is 11.8 Å². The van der Waals surface area contributed by atoms with E-state index in [0.29, 0.717) is 16.8 Å². The van der Waals surface area contributed by atoms with Crippen LogP contribution in [0.25, 0.3) is 0 Å². The molecule has 168 valence electrons. The van der Waals surface area contributed by atoms with Crippen molar-refractivity contribution in [2.75, 3.05) is 11.9 Å². The van der Waals surface area contributed by atoms with Gasteiger partial charge in [0.05, 0.1) is 23.0 Å². The molecule has 0 saturated carbocycles. The van der Waals surface area contributed by atoms with Crippen molar-refractivity contribution in [2.24, 2.45) is 0 Å². The molecule has 0 aliphatic carbocycles. The first kappa shape index (κ1) is 24.4. The van der Waals surface area contributed by atoms with Gasteiger partial charge in [-0.2, -0.15) is 13.2 Å². The van der Waals surface area contributed by atoms with Crippen molar-refractivity contribution in [3.05, 3.63) is 59.7 Å². The van der Waals surface area contributed by atoms with Gasteiger partial charge in [0.25, 0.3) is 0 Å². The molecule has 10 heteroatoms. The standard InChI is InChI=1S/C21H23F3N2O4S/c1-14(2)31(29,30)18-9-5-16(6-10-18)12-20(28)26-17-7-3-15(4-8-17)11-19(27)25-13-21(22,23)24/h3-10,14H,11-13H2,1-2H3,(H,25,27)(H,26,28). The Kier molecular flexibility index (Phi) is 7.83. The molecule has 0 aliphatic rings. The minimum absolute atomic E-state index is 0.0314. The van der Waals surface area contributed by atoms with Crippen LogP contribution in [-0.2, 0) is 32.3 Å². The molecule has 0 heterocycles. The Morgan fingerprint density at radius 3 is 1.84 bits per heavy atom. The summed E-state index contributed by atoms with van der Waals surface area (Å²) in [5, 5.41) is 3.92. The Hall–Kier alpha value is -2.88. The zero-order valence-corrected chi connectivity index (χ0v) is 17.8. The lowest BCUT2D eigenvalue weighted by atomic mass is 10.1. The van der Waals surface area contributed by atoms with Crippen molar-refractivity contribution in [2.45, 2.75) is 43.0 Å². The quantitative estimate of drug-likeness (QED) is 0.638. The zero-order chi connectivity index (χ0) is 23.2. The van der Waals surface area contributed by atoms with Crippen LogP contribution < -0.4 is 10.6 Å². The van der Waals surface area contributed by atoms with Gasteiger partial charge in [0, 0.05) is 5.69 Å². The average molecular weight is 456 g/mol. The summed E-state index contributed by atoms with van der Waals surface area (Å²) in [6.45, 7) is 1.80. The van der Waals surface area contributed by atoms with E-state index in [9.17, 15) is 31.2 Å². The van der Waals surface area contributed by atoms with E-state index in [0.717, 1.165) is 0 Å².